The van der Waals surface area contributed by atoms with Crippen LogP contribution in [0.4, 0.5) is 32.0 Å². The van der Waals surface area contributed by atoms with Crippen LogP contribution in [0.15, 0.2) is 47.4 Å². The first-order chi connectivity index (χ1) is 14.6. The minimum Gasteiger partial charge on any atom is -0.482 e. The Bertz CT molecular complexity index is 1060. The van der Waals surface area contributed by atoms with E-state index in [1.807, 2.05) is 0 Å². The van der Waals surface area contributed by atoms with Gasteiger partial charge in [-0.05, 0) is 56.3 Å². The number of anilines is 1. The van der Waals surface area contributed by atoms with Crippen molar-refractivity contribution < 1.29 is 44.3 Å². The summed E-state index contributed by atoms with van der Waals surface area (Å²) in [6, 6.07) is 5.65. The number of amides is 1. The Balaban J connectivity index is 2.30. The van der Waals surface area contributed by atoms with E-state index in [4.69, 9.17) is 0 Å². The molecule has 2 aromatic rings. The highest BCUT2D eigenvalue weighted by Crippen LogP contribution is 2.36. The predicted molar refractivity (Wildman–Crippen MR) is 103 cm³/mol. The first-order valence-electron chi connectivity index (χ1n) is 8.93. The highest BCUT2D eigenvalue weighted by molar-refractivity contribution is 7.89. The molecule has 0 spiro atoms. The second-order valence-electron chi connectivity index (χ2n) is 6.87. The van der Waals surface area contributed by atoms with Crippen LogP contribution in [0.1, 0.15) is 29.8 Å². The molecule has 32 heavy (non-hydrogen) atoms. The molecule has 0 unspecified atom stereocenters. The quantitative estimate of drug-likeness (QED) is 0.564. The van der Waals surface area contributed by atoms with Gasteiger partial charge in [-0.3, -0.25) is 4.79 Å². The number of sulfonamides is 1. The van der Waals surface area contributed by atoms with Crippen LogP contribution in [-0.2, 0) is 16.2 Å². The summed E-state index contributed by atoms with van der Waals surface area (Å²) in [4.78, 5) is 12.3. The molecule has 0 saturated carbocycles. The lowest BCUT2D eigenvalue weighted by Gasteiger charge is -2.16. The Hall–Kier alpha value is -2.80. The minimum atomic E-state index is -4.82. The average Bonchev–Trinajstić information content (AvgIpc) is 2.64. The maximum Gasteiger partial charge on any atom is 0.422 e. The van der Waals surface area contributed by atoms with Gasteiger partial charge in [-0.1, -0.05) is 0 Å². The summed E-state index contributed by atoms with van der Waals surface area (Å²) in [7, 11) is -3.84. The van der Waals surface area contributed by atoms with Crippen molar-refractivity contribution in [2.24, 2.45) is 0 Å². The van der Waals surface area contributed by atoms with Gasteiger partial charge < -0.3 is 10.1 Å². The number of hydrogen-bond donors (Lipinski definition) is 2. The molecule has 0 aromatic heterocycles. The molecule has 6 nitrogen and oxygen atoms in total. The number of hydrogen-bond acceptors (Lipinski definition) is 4. The molecule has 2 aromatic carbocycles. The van der Waals surface area contributed by atoms with Crippen LogP contribution in [0.3, 0.4) is 0 Å². The van der Waals surface area contributed by atoms with Crippen molar-refractivity contribution in [3.8, 4) is 5.75 Å². The van der Waals surface area contributed by atoms with Gasteiger partial charge in [0.15, 0.2) is 6.61 Å². The number of alkyl halides is 6. The fraction of sp³-hybridized carbons (Fsp3) is 0.316. The molecule has 0 atom stereocenters. The molecule has 0 saturated heterocycles. The summed E-state index contributed by atoms with van der Waals surface area (Å²) in [5, 5.41) is 2.07. The summed E-state index contributed by atoms with van der Waals surface area (Å²) in [5.41, 5.74) is -1.99. The first kappa shape index (κ1) is 25.5. The predicted octanol–water partition coefficient (Wildman–Crippen LogP) is 4.59. The molecule has 0 heterocycles. The number of nitrogens with one attached hydrogen (secondary N) is 2. The molecule has 0 aliphatic heterocycles. The van der Waals surface area contributed by atoms with E-state index < -0.39 is 51.9 Å². The summed E-state index contributed by atoms with van der Waals surface area (Å²) >= 11 is 0. The zero-order chi connectivity index (χ0) is 24.3. The van der Waals surface area contributed by atoms with Crippen LogP contribution in [0.2, 0.25) is 0 Å². The Morgan fingerprint density at radius 3 is 2.09 bits per heavy atom. The highest BCUT2D eigenvalue weighted by Gasteiger charge is 2.33. The van der Waals surface area contributed by atoms with Gasteiger partial charge >= 0.3 is 12.4 Å². The zero-order valence-electron chi connectivity index (χ0n) is 16.6. The highest BCUT2D eigenvalue weighted by atomic mass is 32.2. The van der Waals surface area contributed by atoms with Gasteiger partial charge in [0.1, 0.15) is 5.75 Å². The second-order valence-corrected chi connectivity index (χ2v) is 8.58. The number of carbonyl (C=O) groups excluding carboxylic acids is 1. The van der Waals surface area contributed by atoms with E-state index in [1.165, 1.54) is 0 Å². The fourth-order valence-corrected chi connectivity index (χ4v) is 3.70. The van der Waals surface area contributed by atoms with E-state index in [0.29, 0.717) is 18.2 Å². The number of ether oxygens (including phenoxy) is 1. The van der Waals surface area contributed by atoms with Gasteiger partial charge in [-0.2, -0.15) is 26.3 Å². The lowest BCUT2D eigenvalue weighted by atomic mass is 10.1. The average molecular weight is 484 g/mol. The van der Waals surface area contributed by atoms with Crippen molar-refractivity contribution >= 4 is 21.6 Å². The van der Waals surface area contributed by atoms with E-state index in [1.54, 1.807) is 13.8 Å². The van der Waals surface area contributed by atoms with Gasteiger partial charge in [0, 0.05) is 11.6 Å². The normalized spacial score (nSPS) is 12.7. The lowest BCUT2D eigenvalue weighted by Crippen LogP contribution is -2.30. The van der Waals surface area contributed by atoms with Gasteiger partial charge in [-0.25, -0.2) is 13.1 Å². The van der Waals surface area contributed by atoms with Crippen molar-refractivity contribution in [2.75, 3.05) is 11.9 Å². The fourth-order valence-electron chi connectivity index (χ4n) is 2.45. The molecule has 2 rings (SSSR count). The van der Waals surface area contributed by atoms with Crippen molar-refractivity contribution in [3.05, 3.63) is 53.6 Å². The van der Waals surface area contributed by atoms with E-state index in [0.717, 1.165) is 24.3 Å². The summed E-state index contributed by atoms with van der Waals surface area (Å²) in [6.45, 7) is 1.43. The molecule has 0 fully saturated rings. The third-order valence-electron chi connectivity index (χ3n) is 3.76. The van der Waals surface area contributed by atoms with Gasteiger partial charge in [0.2, 0.25) is 10.0 Å². The van der Waals surface area contributed by atoms with Crippen molar-refractivity contribution in [1.29, 1.82) is 0 Å². The van der Waals surface area contributed by atoms with Crippen LogP contribution < -0.4 is 14.8 Å². The van der Waals surface area contributed by atoms with Crippen LogP contribution in [-0.4, -0.2) is 33.1 Å². The van der Waals surface area contributed by atoms with E-state index >= 15 is 0 Å². The van der Waals surface area contributed by atoms with Gasteiger partial charge in [0.05, 0.1) is 16.1 Å². The van der Waals surface area contributed by atoms with Crippen molar-refractivity contribution in [2.45, 2.75) is 37.1 Å². The third kappa shape index (κ3) is 7.12. The zero-order valence-corrected chi connectivity index (χ0v) is 17.5. The molecule has 176 valence electrons. The van der Waals surface area contributed by atoms with Crippen LogP contribution in [0.25, 0.3) is 0 Å². The monoisotopic (exact) mass is 484 g/mol. The van der Waals surface area contributed by atoms with Crippen LogP contribution in [0.5, 0.6) is 5.75 Å². The van der Waals surface area contributed by atoms with Crippen LogP contribution >= 0.6 is 0 Å². The Morgan fingerprint density at radius 2 is 1.59 bits per heavy atom. The maximum atomic E-state index is 13.0. The number of benzene rings is 2. The molecule has 0 radical (unpaired) electrons. The maximum absolute atomic E-state index is 13.0. The third-order valence-corrected chi connectivity index (χ3v) is 5.44. The molecule has 1 amide bonds. The lowest BCUT2D eigenvalue weighted by molar-refractivity contribution is -0.153. The van der Waals surface area contributed by atoms with E-state index in [9.17, 15) is 39.6 Å². The first-order valence-corrected chi connectivity index (χ1v) is 10.4. The standard InChI is InChI=1S/C19H18F6N2O4S/c1-11(2)27-32(29,30)14-6-3-12(4-7-14)17(28)26-15-9-13(19(23,24)25)5-8-16(15)31-10-18(20,21)22/h3-9,11,27H,10H2,1-2H3,(H,26,28). The Morgan fingerprint density at radius 1 is 1.00 bits per heavy atom. The smallest absolute Gasteiger partial charge is 0.422 e. The molecule has 0 bridgehead atoms. The SMILES string of the molecule is CC(C)NS(=O)(=O)c1ccc(C(=O)Nc2cc(C(F)(F)F)ccc2OCC(F)(F)F)cc1. The van der Waals surface area contributed by atoms with Crippen molar-refractivity contribution in [1.82, 2.24) is 4.72 Å². The topological polar surface area (TPSA) is 84.5 Å². The van der Waals surface area contributed by atoms with E-state index in [-0.39, 0.29) is 16.5 Å². The number of halogens is 6. The summed E-state index contributed by atoms with van der Waals surface area (Å²) in [5.74, 6) is -1.61. The van der Waals surface area contributed by atoms with Gasteiger partial charge in [-0.15, -0.1) is 0 Å². The number of rotatable bonds is 7. The molecule has 0 aliphatic carbocycles. The molecular formula is C19H18F6N2O4S. The minimum absolute atomic E-state index is 0.146. The second kappa shape index (κ2) is 9.36. The summed E-state index contributed by atoms with van der Waals surface area (Å²) in [6.07, 6.45) is -9.57. The van der Waals surface area contributed by atoms with Gasteiger partial charge in [0.25, 0.3) is 5.91 Å². The van der Waals surface area contributed by atoms with Crippen LogP contribution in [0, 0.1) is 0 Å². The Kier molecular flexibility index (Phi) is 7.45. The molecule has 2 N–H and O–H groups in total. The largest absolute Gasteiger partial charge is 0.482 e. The summed E-state index contributed by atoms with van der Waals surface area (Å²) < 4.78 is 107. The van der Waals surface area contributed by atoms with E-state index in [2.05, 4.69) is 14.8 Å². The molecule has 13 heteroatoms. The number of carbonyl (C=O) groups is 1. The Labute approximate surface area is 179 Å². The molecular weight excluding hydrogens is 466 g/mol. The molecule has 0 aliphatic rings. The van der Waals surface area contributed by atoms with Crippen molar-refractivity contribution in [3.63, 3.8) is 0 Å².